The van der Waals surface area contributed by atoms with E-state index in [2.05, 4.69) is 23.6 Å². The van der Waals surface area contributed by atoms with Gasteiger partial charge in [-0.15, -0.1) is 4.76 Å². The normalized spacial score (nSPS) is 15.9. The molecule has 1 saturated heterocycles. The van der Waals surface area contributed by atoms with Crippen LogP contribution in [-0.4, -0.2) is 53.1 Å². The zero-order valence-electron chi connectivity index (χ0n) is 21.0. The smallest absolute Gasteiger partial charge is 0.341 e. The summed E-state index contributed by atoms with van der Waals surface area (Å²) >= 11 is 0. The first-order valence-corrected chi connectivity index (χ1v) is 13.5. The summed E-state index contributed by atoms with van der Waals surface area (Å²) in [6.07, 6.45) is 9.62. The molecule has 6 nitrogen and oxygen atoms in total. The maximum Gasteiger partial charge on any atom is 0.458 e. The molecule has 0 spiro atoms. The molecule has 178 valence electrons. The van der Waals surface area contributed by atoms with E-state index in [9.17, 15) is 4.57 Å². The Morgan fingerprint density at radius 2 is 1.17 bits per heavy atom. The Labute approximate surface area is 186 Å². The molecule has 1 fully saturated rings. The molecule has 0 atom stereocenters. The van der Waals surface area contributed by atoms with Crippen molar-refractivity contribution in [2.45, 2.75) is 118 Å². The second kappa shape index (κ2) is 12.5. The number of unbranched alkanes of at least 4 members (excludes halogenated alkanes) is 6. The van der Waals surface area contributed by atoms with E-state index >= 15 is 0 Å². The van der Waals surface area contributed by atoms with E-state index in [1.807, 2.05) is 41.5 Å². The highest BCUT2D eigenvalue weighted by Gasteiger charge is 2.38. The van der Waals surface area contributed by atoms with Crippen LogP contribution in [0.3, 0.4) is 0 Å². The third-order valence-corrected chi connectivity index (χ3v) is 6.74. The van der Waals surface area contributed by atoms with Crippen molar-refractivity contribution < 1.29 is 13.6 Å². The van der Waals surface area contributed by atoms with Crippen LogP contribution in [0, 0.1) is 0 Å². The summed E-state index contributed by atoms with van der Waals surface area (Å²) in [4.78, 5) is 4.56. The van der Waals surface area contributed by atoms with Gasteiger partial charge in [0.05, 0.1) is 11.2 Å². The van der Waals surface area contributed by atoms with E-state index in [-0.39, 0.29) is 0 Å². The van der Waals surface area contributed by atoms with E-state index < -0.39 is 18.9 Å². The Morgan fingerprint density at radius 3 is 1.50 bits per heavy atom. The summed E-state index contributed by atoms with van der Waals surface area (Å²) in [6.45, 7) is 19.5. The molecule has 0 aromatic heterocycles. The van der Waals surface area contributed by atoms with Gasteiger partial charge in [-0.25, -0.2) is 4.57 Å². The molecular weight excluding hydrogens is 397 g/mol. The molecule has 0 bridgehead atoms. The van der Waals surface area contributed by atoms with Crippen molar-refractivity contribution in [1.82, 2.24) is 9.80 Å². The molecule has 1 aliphatic heterocycles. The summed E-state index contributed by atoms with van der Waals surface area (Å²) in [5.74, 6) is 0.792. The van der Waals surface area contributed by atoms with Gasteiger partial charge in [-0.05, 0) is 54.4 Å². The minimum absolute atomic E-state index is 0.610. The van der Waals surface area contributed by atoms with E-state index in [1.54, 1.807) is 0 Å². The first-order valence-electron chi connectivity index (χ1n) is 12.0. The molecule has 1 rings (SSSR count). The second-order valence-corrected chi connectivity index (χ2v) is 11.9. The molecule has 1 heterocycles. The lowest BCUT2D eigenvalue weighted by atomic mass is 10.2. The second-order valence-electron chi connectivity index (χ2n) is 10.4. The van der Waals surface area contributed by atoms with E-state index in [4.69, 9.17) is 13.8 Å². The van der Waals surface area contributed by atoms with E-state index in [0.29, 0.717) is 0 Å². The van der Waals surface area contributed by atoms with Gasteiger partial charge in [0.15, 0.2) is 0 Å². The van der Waals surface area contributed by atoms with Gasteiger partial charge in [0.2, 0.25) is 5.96 Å². The van der Waals surface area contributed by atoms with Crippen LogP contribution in [0.2, 0.25) is 0 Å². The van der Waals surface area contributed by atoms with E-state index in [1.165, 1.54) is 38.5 Å². The van der Waals surface area contributed by atoms with Crippen LogP contribution in [0.1, 0.15) is 107 Å². The molecule has 1 aliphatic rings. The Morgan fingerprint density at radius 1 is 0.767 bits per heavy atom. The lowest BCUT2D eigenvalue weighted by Gasteiger charge is -2.31. The average molecular weight is 446 g/mol. The summed E-state index contributed by atoms with van der Waals surface area (Å²) in [6, 6.07) is 0. The highest BCUT2D eigenvalue weighted by atomic mass is 31.2. The third-order valence-electron chi connectivity index (χ3n) is 4.76. The minimum atomic E-state index is -3.67. The molecule has 0 aromatic carbocycles. The van der Waals surface area contributed by atoms with Crippen molar-refractivity contribution in [3.05, 3.63) is 0 Å². The number of rotatable bonds is 13. The first-order chi connectivity index (χ1) is 13.9. The van der Waals surface area contributed by atoms with Crippen LogP contribution < -0.4 is 0 Å². The standard InChI is InChI=1S/C23H48N3O3P/c1-9-11-13-15-17-25-19-20-26(18-16-14-12-10-2)21(25)24-30(27,28-22(3,4)5)29-23(6,7)8/h9-20H2,1-8H3. The quantitative estimate of drug-likeness (QED) is 0.229. The lowest BCUT2D eigenvalue weighted by molar-refractivity contribution is 0.0493. The van der Waals surface area contributed by atoms with Crippen LogP contribution in [0.25, 0.3) is 0 Å². The summed E-state index contributed by atoms with van der Waals surface area (Å²) in [5.41, 5.74) is -1.22. The summed E-state index contributed by atoms with van der Waals surface area (Å²) < 4.78 is 30.4. The Kier molecular flexibility index (Phi) is 11.4. The van der Waals surface area contributed by atoms with Crippen molar-refractivity contribution in [3.8, 4) is 0 Å². The minimum Gasteiger partial charge on any atom is -0.341 e. The molecule has 0 aromatic rings. The van der Waals surface area contributed by atoms with Crippen LogP contribution in [0.15, 0.2) is 4.76 Å². The largest absolute Gasteiger partial charge is 0.458 e. The van der Waals surface area contributed by atoms with Crippen molar-refractivity contribution in [1.29, 1.82) is 0 Å². The predicted molar refractivity (Wildman–Crippen MR) is 128 cm³/mol. The van der Waals surface area contributed by atoms with Crippen molar-refractivity contribution in [2.24, 2.45) is 4.76 Å². The number of hydrogen-bond acceptors (Lipinski definition) is 3. The predicted octanol–water partition coefficient (Wildman–Crippen LogP) is 6.86. The van der Waals surface area contributed by atoms with Crippen molar-refractivity contribution in [2.75, 3.05) is 26.2 Å². The fraction of sp³-hybridized carbons (Fsp3) is 0.957. The monoisotopic (exact) mass is 445 g/mol. The molecule has 0 amide bonds. The molecule has 30 heavy (non-hydrogen) atoms. The van der Waals surface area contributed by atoms with Gasteiger partial charge < -0.3 is 9.80 Å². The van der Waals surface area contributed by atoms with Gasteiger partial charge in [-0.1, -0.05) is 52.4 Å². The molecule has 0 radical (unpaired) electrons. The van der Waals surface area contributed by atoms with Crippen LogP contribution in [0.5, 0.6) is 0 Å². The molecule has 0 N–H and O–H groups in total. The topological polar surface area (TPSA) is 54.4 Å². The van der Waals surface area contributed by atoms with Gasteiger partial charge in [0.25, 0.3) is 0 Å². The number of hydrogen-bond donors (Lipinski definition) is 0. The van der Waals surface area contributed by atoms with Crippen LogP contribution >= 0.6 is 7.75 Å². The van der Waals surface area contributed by atoms with Crippen LogP contribution in [0.4, 0.5) is 0 Å². The SMILES string of the molecule is CCCCCCN1CCN(CCCCCC)C1=NP(=O)(OC(C)(C)C)OC(C)(C)C. The van der Waals surface area contributed by atoms with Crippen molar-refractivity contribution >= 4 is 13.7 Å². The molecule has 0 unspecified atom stereocenters. The molecule has 0 aliphatic carbocycles. The van der Waals surface area contributed by atoms with Gasteiger partial charge in [0.1, 0.15) is 0 Å². The van der Waals surface area contributed by atoms with Gasteiger partial charge >= 0.3 is 7.75 Å². The maximum atomic E-state index is 13.8. The number of nitrogens with zero attached hydrogens (tertiary/aromatic N) is 3. The molecular formula is C23H48N3O3P. The lowest BCUT2D eigenvalue weighted by Crippen LogP contribution is -2.35. The summed E-state index contributed by atoms with van der Waals surface area (Å²) in [7, 11) is -3.67. The maximum absolute atomic E-state index is 13.8. The first kappa shape index (κ1) is 27.5. The van der Waals surface area contributed by atoms with Crippen molar-refractivity contribution in [3.63, 3.8) is 0 Å². The Hall–Kier alpha value is -0.580. The van der Waals surface area contributed by atoms with Crippen LogP contribution in [-0.2, 0) is 13.6 Å². The molecule has 7 heteroatoms. The number of guanidine groups is 1. The fourth-order valence-electron chi connectivity index (χ4n) is 3.51. The fourth-order valence-corrected chi connectivity index (χ4v) is 5.49. The van der Waals surface area contributed by atoms with Gasteiger partial charge in [-0.2, -0.15) is 0 Å². The third kappa shape index (κ3) is 11.2. The van der Waals surface area contributed by atoms with Gasteiger partial charge in [0, 0.05) is 26.2 Å². The highest BCUT2D eigenvalue weighted by molar-refractivity contribution is 7.52. The van der Waals surface area contributed by atoms with Gasteiger partial charge in [-0.3, -0.25) is 9.05 Å². The van der Waals surface area contributed by atoms with E-state index in [0.717, 1.165) is 45.0 Å². The molecule has 0 saturated carbocycles. The summed E-state index contributed by atoms with van der Waals surface area (Å²) in [5, 5.41) is 0. The zero-order valence-corrected chi connectivity index (χ0v) is 21.9. The average Bonchev–Trinajstić information content (AvgIpc) is 2.93. The highest BCUT2D eigenvalue weighted by Crippen LogP contribution is 2.56. The Bertz CT molecular complexity index is 525. The zero-order chi connectivity index (χ0) is 22.8. The Balaban J connectivity index is 3.10.